The van der Waals surface area contributed by atoms with Gasteiger partial charge in [0.05, 0.1) is 0 Å². The first-order chi connectivity index (χ1) is 12.6. The van der Waals surface area contributed by atoms with Gasteiger partial charge in [-0.05, 0) is 36.1 Å². The van der Waals surface area contributed by atoms with E-state index in [0.717, 1.165) is 42.7 Å². The number of anilines is 1. The van der Waals surface area contributed by atoms with Crippen LogP contribution in [0.3, 0.4) is 0 Å². The van der Waals surface area contributed by atoms with Crippen molar-refractivity contribution >= 4 is 17.5 Å². The minimum atomic E-state index is -0.343. The van der Waals surface area contributed by atoms with Crippen LogP contribution < -0.4 is 10.6 Å². The van der Waals surface area contributed by atoms with Crippen LogP contribution in [0.4, 0.5) is 5.69 Å². The fourth-order valence-corrected chi connectivity index (χ4v) is 3.24. The second-order valence-corrected chi connectivity index (χ2v) is 6.64. The molecule has 1 fully saturated rings. The zero-order chi connectivity index (χ0) is 18.4. The summed E-state index contributed by atoms with van der Waals surface area (Å²) in [6.07, 6.45) is 2.16. The first-order valence-electron chi connectivity index (χ1n) is 9.07. The monoisotopic (exact) mass is 351 g/mol. The number of benzene rings is 2. The van der Waals surface area contributed by atoms with Crippen LogP contribution >= 0.6 is 0 Å². The number of amides is 2. The molecule has 2 aromatic carbocycles. The molecule has 0 bridgehead atoms. The number of nitrogens with zero attached hydrogens (tertiary/aromatic N) is 1. The number of hydrogen-bond acceptors (Lipinski definition) is 3. The first-order valence-corrected chi connectivity index (χ1v) is 9.07. The average molecular weight is 351 g/mol. The lowest BCUT2D eigenvalue weighted by Gasteiger charge is -2.24. The minimum Gasteiger partial charge on any atom is -0.341 e. The number of carbonyl (C=O) groups is 2. The number of rotatable bonds is 6. The van der Waals surface area contributed by atoms with Crippen molar-refractivity contribution < 1.29 is 9.59 Å². The third kappa shape index (κ3) is 4.70. The molecule has 3 rings (SSSR count). The smallest absolute Gasteiger partial charge is 0.244 e. The van der Waals surface area contributed by atoms with Crippen molar-refractivity contribution in [3.63, 3.8) is 0 Å². The fraction of sp³-hybridized carbons (Fsp3) is 0.333. The molecule has 1 unspecified atom stereocenters. The highest BCUT2D eigenvalue weighted by molar-refractivity contribution is 5.88. The van der Waals surface area contributed by atoms with Gasteiger partial charge in [-0.25, -0.2) is 0 Å². The normalized spacial score (nSPS) is 14.9. The van der Waals surface area contributed by atoms with Gasteiger partial charge in [0.1, 0.15) is 6.04 Å². The maximum Gasteiger partial charge on any atom is 0.244 e. The quantitative estimate of drug-likeness (QED) is 0.841. The summed E-state index contributed by atoms with van der Waals surface area (Å²) in [6.45, 7) is 3.76. The Balaban J connectivity index is 1.69. The van der Waals surface area contributed by atoms with Crippen molar-refractivity contribution in [1.29, 1.82) is 0 Å². The first kappa shape index (κ1) is 18.1. The van der Waals surface area contributed by atoms with E-state index in [2.05, 4.69) is 10.6 Å². The lowest BCUT2D eigenvalue weighted by atomic mass is 10.0. The molecule has 0 spiro atoms. The Labute approximate surface area is 154 Å². The molecule has 2 amide bonds. The summed E-state index contributed by atoms with van der Waals surface area (Å²) in [6, 6.07) is 17.2. The molecule has 0 radical (unpaired) electrons. The van der Waals surface area contributed by atoms with Gasteiger partial charge in [-0.1, -0.05) is 42.5 Å². The average Bonchev–Trinajstić information content (AvgIpc) is 3.18. The molecule has 5 heteroatoms. The number of likely N-dealkylation sites (tertiary alicyclic amines) is 1. The van der Waals surface area contributed by atoms with E-state index in [1.54, 1.807) is 0 Å². The van der Waals surface area contributed by atoms with E-state index in [1.807, 2.05) is 59.5 Å². The zero-order valence-corrected chi connectivity index (χ0v) is 15.1. The molecule has 0 saturated carbocycles. The van der Waals surface area contributed by atoms with Gasteiger partial charge in [0.15, 0.2) is 0 Å². The molecule has 2 aromatic rings. The van der Waals surface area contributed by atoms with Crippen LogP contribution in [0.15, 0.2) is 54.6 Å². The van der Waals surface area contributed by atoms with Gasteiger partial charge in [-0.2, -0.15) is 0 Å². The summed E-state index contributed by atoms with van der Waals surface area (Å²) in [5.41, 5.74) is 2.82. The van der Waals surface area contributed by atoms with Gasteiger partial charge in [0, 0.05) is 32.2 Å². The highest BCUT2D eigenvalue weighted by atomic mass is 16.2. The molecule has 1 heterocycles. The second kappa shape index (κ2) is 8.63. The fourth-order valence-electron chi connectivity index (χ4n) is 3.24. The van der Waals surface area contributed by atoms with E-state index in [-0.39, 0.29) is 17.9 Å². The van der Waals surface area contributed by atoms with Gasteiger partial charge in [0.2, 0.25) is 11.8 Å². The summed E-state index contributed by atoms with van der Waals surface area (Å²) in [7, 11) is 0. The lowest BCUT2D eigenvalue weighted by molar-refractivity contribution is -0.132. The Hall–Kier alpha value is -2.66. The zero-order valence-electron chi connectivity index (χ0n) is 15.1. The van der Waals surface area contributed by atoms with Crippen LogP contribution in [0.5, 0.6) is 0 Å². The summed E-state index contributed by atoms with van der Waals surface area (Å²) >= 11 is 0. The van der Waals surface area contributed by atoms with Crippen LogP contribution in [-0.2, 0) is 16.1 Å². The highest BCUT2D eigenvalue weighted by Crippen LogP contribution is 2.20. The van der Waals surface area contributed by atoms with E-state index in [0.29, 0.717) is 6.54 Å². The standard InChI is InChI=1S/C21H25N3O2/c1-16(25)23-19-11-9-17(10-12-19)15-22-20(18-7-3-2-4-8-18)21(26)24-13-5-6-14-24/h2-4,7-12,20,22H,5-6,13-15H2,1H3,(H,23,25). The molecule has 1 aliphatic rings. The lowest BCUT2D eigenvalue weighted by Crippen LogP contribution is -2.39. The Morgan fingerprint density at radius 2 is 1.65 bits per heavy atom. The largest absolute Gasteiger partial charge is 0.341 e. The van der Waals surface area contributed by atoms with Crippen molar-refractivity contribution in [3.05, 3.63) is 65.7 Å². The third-order valence-electron chi connectivity index (χ3n) is 4.58. The Morgan fingerprint density at radius 1 is 1.00 bits per heavy atom. The van der Waals surface area contributed by atoms with Crippen LogP contribution in [0, 0.1) is 0 Å². The minimum absolute atomic E-state index is 0.0868. The van der Waals surface area contributed by atoms with Crippen LogP contribution in [0.1, 0.15) is 36.9 Å². The third-order valence-corrected chi connectivity index (χ3v) is 4.58. The Kier molecular flexibility index (Phi) is 6.02. The van der Waals surface area contributed by atoms with E-state index in [9.17, 15) is 9.59 Å². The van der Waals surface area contributed by atoms with Crippen LogP contribution in [0.2, 0.25) is 0 Å². The number of hydrogen-bond donors (Lipinski definition) is 2. The van der Waals surface area contributed by atoms with Gasteiger partial charge in [0.25, 0.3) is 0 Å². The van der Waals surface area contributed by atoms with E-state index < -0.39 is 0 Å². The Bertz CT molecular complexity index is 738. The molecular formula is C21H25N3O2. The van der Waals surface area contributed by atoms with Crippen molar-refractivity contribution in [2.24, 2.45) is 0 Å². The van der Waals surface area contributed by atoms with Crippen molar-refractivity contribution in [1.82, 2.24) is 10.2 Å². The van der Waals surface area contributed by atoms with Crippen molar-refractivity contribution in [2.45, 2.75) is 32.4 Å². The van der Waals surface area contributed by atoms with Gasteiger partial charge in [-0.15, -0.1) is 0 Å². The SMILES string of the molecule is CC(=O)Nc1ccc(CNC(C(=O)N2CCCC2)c2ccccc2)cc1. The van der Waals surface area contributed by atoms with E-state index in [4.69, 9.17) is 0 Å². The van der Waals surface area contributed by atoms with Gasteiger partial charge in [-0.3, -0.25) is 14.9 Å². The maximum atomic E-state index is 13.0. The second-order valence-electron chi connectivity index (χ2n) is 6.64. The number of nitrogens with one attached hydrogen (secondary N) is 2. The van der Waals surface area contributed by atoms with E-state index >= 15 is 0 Å². The predicted molar refractivity (Wildman–Crippen MR) is 103 cm³/mol. The molecule has 26 heavy (non-hydrogen) atoms. The summed E-state index contributed by atoms with van der Waals surface area (Å²) in [5, 5.41) is 6.17. The van der Waals surface area contributed by atoms with Crippen molar-refractivity contribution in [2.75, 3.05) is 18.4 Å². The molecule has 136 valence electrons. The summed E-state index contributed by atoms with van der Waals surface area (Å²) in [4.78, 5) is 26.0. The highest BCUT2D eigenvalue weighted by Gasteiger charge is 2.27. The van der Waals surface area contributed by atoms with Gasteiger partial charge >= 0.3 is 0 Å². The van der Waals surface area contributed by atoms with E-state index in [1.165, 1.54) is 6.92 Å². The Morgan fingerprint density at radius 3 is 2.27 bits per heavy atom. The molecule has 0 aliphatic carbocycles. The maximum absolute atomic E-state index is 13.0. The molecular weight excluding hydrogens is 326 g/mol. The molecule has 5 nitrogen and oxygen atoms in total. The van der Waals surface area contributed by atoms with Gasteiger partial charge < -0.3 is 10.2 Å². The summed E-state index contributed by atoms with van der Waals surface area (Å²) in [5.74, 6) is 0.0554. The van der Waals surface area contributed by atoms with Crippen LogP contribution in [0.25, 0.3) is 0 Å². The molecule has 1 saturated heterocycles. The molecule has 1 atom stereocenters. The predicted octanol–water partition coefficient (Wildman–Crippen LogP) is 3.10. The molecule has 1 aliphatic heterocycles. The van der Waals surface area contributed by atoms with Crippen LogP contribution in [-0.4, -0.2) is 29.8 Å². The summed E-state index contributed by atoms with van der Waals surface area (Å²) < 4.78 is 0. The molecule has 2 N–H and O–H groups in total. The topological polar surface area (TPSA) is 61.4 Å². The number of carbonyl (C=O) groups excluding carboxylic acids is 2. The van der Waals surface area contributed by atoms with Crippen molar-refractivity contribution in [3.8, 4) is 0 Å². The molecule has 0 aromatic heterocycles.